The number of alkyl halides is 3. The second kappa shape index (κ2) is 6.09. The van der Waals surface area contributed by atoms with Crippen LogP contribution in [0.25, 0.3) is 0 Å². The molecule has 1 atom stereocenters. The van der Waals surface area contributed by atoms with Crippen molar-refractivity contribution >= 4 is 0 Å². The van der Waals surface area contributed by atoms with E-state index in [-0.39, 0.29) is 12.6 Å². The van der Waals surface area contributed by atoms with Crippen molar-refractivity contribution in [1.29, 1.82) is 0 Å². The van der Waals surface area contributed by atoms with E-state index >= 15 is 0 Å². The number of benzene rings is 1. The second-order valence-electron chi connectivity index (χ2n) is 4.29. The SMILES string of the molecule is COc1ccc(C)cc1C(C)NCCC(F)(F)F. The third kappa shape index (κ3) is 4.56. The third-order valence-electron chi connectivity index (χ3n) is 2.71. The van der Waals surface area contributed by atoms with E-state index in [2.05, 4.69) is 5.32 Å². The average Bonchev–Trinajstić information content (AvgIpc) is 2.27. The molecule has 0 saturated heterocycles. The van der Waals surface area contributed by atoms with Crippen LogP contribution >= 0.6 is 0 Å². The summed E-state index contributed by atoms with van der Waals surface area (Å²) in [5.74, 6) is 0.688. The van der Waals surface area contributed by atoms with Crippen LogP contribution in [0.3, 0.4) is 0 Å². The van der Waals surface area contributed by atoms with Gasteiger partial charge in [0.1, 0.15) is 5.75 Å². The fourth-order valence-electron chi connectivity index (χ4n) is 1.73. The number of methoxy groups -OCH3 is 1. The summed E-state index contributed by atoms with van der Waals surface area (Å²) >= 11 is 0. The monoisotopic (exact) mass is 261 g/mol. The summed E-state index contributed by atoms with van der Waals surface area (Å²) in [7, 11) is 1.55. The molecule has 1 aromatic carbocycles. The van der Waals surface area contributed by atoms with Crippen molar-refractivity contribution in [2.75, 3.05) is 13.7 Å². The van der Waals surface area contributed by atoms with Gasteiger partial charge in [-0.2, -0.15) is 13.2 Å². The van der Waals surface area contributed by atoms with Gasteiger partial charge in [0, 0.05) is 18.2 Å². The van der Waals surface area contributed by atoms with E-state index in [9.17, 15) is 13.2 Å². The van der Waals surface area contributed by atoms with E-state index in [1.165, 1.54) is 0 Å². The van der Waals surface area contributed by atoms with E-state index in [1.807, 2.05) is 32.0 Å². The molecule has 1 aromatic rings. The highest BCUT2D eigenvalue weighted by Crippen LogP contribution is 2.26. The zero-order chi connectivity index (χ0) is 13.8. The summed E-state index contributed by atoms with van der Waals surface area (Å²) in [5, 5.41) is 2.86. The summed E-state index contributed by atoms with van der Waals surface area (Å²) in [6, 6.07) is 5.48. The highest BCUT2D eigenvalue weighted by atomic mass is 19.4. The molecular formula is C13H18F3NO. The predicted molar refractivity (Wildman–Crippen MR) is 64.8 cm³/mol. The zero-order valence-electron chi connectivity index (χ0n) is 10.8. The predicted octanol–water partition coefficient (Wildman–Crippen LogP) is 3.61. The molecule has 102 valence electrons. The molecule has 1 rings (SSSR count). The van der Waals surface area contributed by atoms with Gasteiger partial charge in [-0.1, -0.05) is 17.7 Å². The maximum atomic E-state index is 12.1. The van der Waals surface area contributed by atoms with Gasteiger partial charge in [0.2, 0.25) is 0 Å². The molecule has 0 spiro atoms. The molecule has 0 bridgehead atoms. The molecule has 0 aromatic heterocycles. The van der Waals surface area contributed by atoms with Gasteiger partial charge in [0.15, 0.2) is 0 Å². The number of halogens is 3. The summed E-state index contributed by atoms with van der Waals surface area (Å²) in [5.41, 5.74) is 1.93. The Morgan fingerprint density at radius 3 is 2.56 bits per heavy atom. The first kappa shape index (κ1) is 14.8. The Morgan fingerprint density at radius 2 is 2.00 bits per heavy atom. The van der Waals surface area contributed by atoms with E-state index < -0.39 is 12.6 Å². The molecule has 2 nitrogen and oxygen atoms in total. The van der Waals surface area contributed by atoms with E-state index in [0.717, 1.165) is 11.1 Å². The topological polar surface area (TPSA) is 21.3 Å². The minimum atomic E-state index is -4.12. The molecule has 0 aliphatic heterocycles. The molecule has 1 N–H and O–H groups in total. The fourth-order valence-corrected chi connectivity index (χ4v) is 1.73. The molecule has 0 fully saturated rings. The average molecular weight is 261 g/mol. The Morgan fingerprint density at radius 1 is 1.33 bits per heavy atom. The van der Waals surface area contributed by atoms with Crippen LogP contribution in [0.1, 0.15) is 30.5 Å². The number of ether oxygens (including phenoxy) is 1. The summed E-state index contributed by atoms with van der Waals surface area (Å²) < 4.78 is 41.4. The summed E-state index contributed by atoms with van der Waals surface area (Å²) in [4.78, 5) is 0. The first-order valence-corrected chi connectivity index (χ1v) is 5.78. The first-order valence-electron chi connectivity index (χ1n) is 5.78. The minimum absolute atomic E-state index is 0.0955. The van der Waals surface area contributed by atoms with Crippen LogP contribution in [0.4, 0.5) is 13.2 Å². The molecule has 5 heteroatoms. The maximum Gasteiger partial charge on any atom is 0.390 e. The van der Waals surface area contributed by atoms with Crippen molar-refractivity contribution in [1.82, 2.24) is 5.32 Å². The van der Waals surface area contributed by atoms with Gasteiger partial charge in [-0.15, -0.1) is 0 Å². The smallest absolute Gasteiger partial charge is 0.390 e. The summed E-state index contributed by atoms with van der Waals surface area (Å²) in [6.07, 6.45) is -4.95. The fraction of sp³-hybridized carbons (Fsp3) is 0.538. The molecule has 0 saturated carbocycles. The number of nitrogens with one attached hydrogen (secondary N) is 1. The highest BCUT2D eigenvalue weighted by Gasteiger charge is 2.26. The molecule has 0 amide bonds. The molecule has 0 aliphatic carbocycles. The van der Waals surface area contributed by atoms with Crippen LogP contribution in [-0.2, 0) is 0 Å². The molecule has 18 heavy (non-hydrogen) atoms. The van der Waals surface area contributed by atoms with Crippen LogP contribution in [0.2, 0.25) is 0 Å². The van der Waals surface area contributed by atoms with Gasteiger partial charge in [-0.25, -0.2) is 0 Å². The van der Waals surface area contributed by atoms with Crippen molar-refractivity contribution in [2.24, 2.45) is 0 Å². The van der Waals surface area contributed by atoms with Gasteiger partial charge in [0.05, 0.1) is 13.5 Å². The molecule has 0 heterocycles. The Labute approximate surface area is 105 Å². The number of aryl methyl sites for hydroxylation is 1. The lowest BCUT2D eigenvalue weighted by Gasteiger charge is -2.18. The quantitative estimate of drug-likeness (QED) is 0.874. The van der Waals surface area contributed by atoms with Gasteiger partial charge in [-0.05, 0) is 19.9 Å². The highest BCUT2D eigenvalue weighted by molar-refractivity contribution is 5.38. The van der Waals surface area contributed by atoms with Crippen molar-refractivity contribution in [3.8, 4) is 5.75 Å². The van der Waals surface area contributed by atoms with Crippen molar-refractivity contribution in [3.05, 3.63) is 29.3 Å². The number of hydrogen-bond acceptors (Lipinski definition) is 2. The molecular weight excluding hydrogens is 243 g/mol. The lowest BCUT2D eigenvalue weighted by atomic mass is 10.0. The van der Waals surface area contributed by atoms with Crippen LogP contribution < -0.4 is 10.1 Å². The van der Waals surface area contributed by atoms with Crippen molar-refractivity contribution in [3.63, 3.8) is 0 Å². The van der Waals surface area contributed by atoms with Crippen LogP contribution in [0, 0.1) is 6.92 Å². The Balaban J connectivity index is 2.66. The Kier molecular flexibility index (Phi) is 5.02. The Hall–Kier alpha value is -1.23. The minimum Gasteiger partial charge on any atom is -0.496 e. The van der Waals surface area contributed by atoms with Gasteiger partial charge in [-0.3, -0.25) is 0 Å². The lowest BCUT2D eigenvalue weighted by Crippen LogP contribution is -2.24. The van der Waals surface area contributed by atoms with E-state index in [4.69, 9.17) is 4.74 Å². The molecule has 0 radical (unpaired) electrons. The van der Waals surface area contributed by atoms with Crippen LogP contribution in [-0.4, -0.2) is 19.8 Å². The molecule has 0 aliphatic rings. The first-order chi connectivity index (χ1) is 8.33. The summed E-state index contributed by atoms with van der Waals surface area (Å²) in [6.45, 7) is 3.67. The largest absolute Gasteiger partial charge is 0.496 e. The van der Waals surface area contributed by atoms with Crippen molar-refractivity contribution < 1.29 is 17.9 Å². The van der Waals surface area contributed by atoms with Crippen LogP contribution in [0.5, 0.6) is 5.75 Å². The van der Waals surface area contributed by atoms with E-state index in [1.54, 1.807) is 7.11 Å². The van der Waals surface area contributed by atoms with E-state index in [0.29, 0.717) is 5.75 Å². The maximum absolute atomic E-state index is 12.1. The van der Waals surface area contributed by atoms with Gasteiger partial charge >= 0.3 is 6.18 Å². The second-order valence-corrected chi connectivity index (χ2v) is 4.29. The number of rotatable bonds is 5. The number of hydrogen-bond donors (Lipinski definition) is 1. The van der Waals surface area contributed by atoms with Gasteiger partial charge < -0.3 is 10.1 Å². The zero-order valence-corrected chi connectivity index (χ0v) is 10.8. The van der Waals surface area contributed by atoms with Crippen LogP contribution in [0.15, 0.2) is 18.2 Å². The normalized spacial score (nSPS) is 13.4. The third-order valence-corrected chi connectivity index (χ3v) is 2.71. The Bertz CT molecular complexity index is 390. The lowest BCUT2D eigenvalue weighted by molar-refractivity contribution is -0.133. The van der Waals surface area contributed by atoms with Gasteiger partial charge in [0.25, 0.3) is 0 Å². The molecule has 1 unspecified atom stereocenters. The standard InChI is InChI=1S/C13H18F3NO/c1-9-4-5-12(18-3)11(8-9)10(2)17-7-6-13(14,15)16/h4-5,8,10,17H,6-7H2,1-3H3. The van der Waals surface area contributed by atoms with Crippen molar-refractivity contribution in [2.45, 2.75) is 32.5 Å².